The molecule has 5 heavy (non-hydrogen) atoms. The Bertz CT molecular complexity index is 3.61. The summed E-state index contributed by atoms with van der Waals surface area (Å²) in [4.78, 5) is 0. The van der Waals surface area contributed by atoms with Crippen molar-refractivity contribution in [3.05, 3.63) is 0 Å². The number of hydrogen-bond donors (Lipinski definition) is 0. The van der Waals surface area contributed by atoms with Crippen molar-refractivity contribution in [2.75, 3.05) is 0 Å². The van der Waals surface area contributed by atoms with E-state index in [1.54, 1.807) is 0 Å². The van der Waals surface area contributed by atoms with Crippen LogP contribution in [-0.4, -0.2) is 16.4 Å². The van der Waals surface area contributed by atoms with Gasteiger partial charge in [-0.15, -0.1) is 0 Å². The molecule has 0 bridgehead atoms. The fraction of sp³-hybridized carbons (Fsp3) is 0. The molecule has 0 aliphatic carbocycles. The summed E-state index contributed by atoms with van der Waals surface area (Å²) in [6, 6.07) is 0. The molecule has 0 aromatic carbocycles. The van der Waals surface area contributed by atoms with Crippen molar-refractivity contribution in [3.8, 4) is 0 Å². The Labute approximate surface area is 37.4 Å². The molecule has 0 saturated carbocycles. The molecule has 4 nitrogen and oxygen atoms in total. The fourth-order valence-electron chi connectivity index (χ4n) is 0. The minimum atomic E-state index is 0. The van der Waals surface area contributed by atoms with E-state index in [9.17, 15) is 0 Å². The van der Waals surface area contributed by atoms with E-state index < -0.39 is 0 Å². The van der Waals surface area contributed by atoms with Crippen molar-refractivity contribution in [2.45, 2.75) is 0 Å². The van der Waals surface area contributed by atoms with Crippen LogP contribution in [0, 0.1) is 0 Å². The molecule has 6 N–H and O–H groups in total. The van der Waals surface area contributed by atoms with Crippen LogP contribution in [-0.2, 0) is 20.0 Å². The molecule has 0 fully saturated rings. The third kappa shape index (κ3) is 457. The maximum absolute atomic E-state index is 8.12. The molecule has 0 unspecified atom stereocenters. The van der Waals surface area contributed by atoms with Crippen LogP contribution in [0.15, 0.2) is 0 Å². The molecule has 0 atom stereocenters. The maximum atomic E-state index is 8.12. The molecule has 0 aromatic heterocycles. The van der Waals surface area contributed by atoms with Crippen molar-refractivity contribution < 1.29 is 36.5 Å². The van der Waals surface area contributed by atoms with Gasteiger partial charge in [-0.25, -0.2) is 0 Å². The average Bonchev–Trinajstić information content (AvgIpc) is 1.00. The first-order valence-corrected chi connectivity index (χ1v) is 0.687. The van der Waals surface area contributed by atoms with Gasteiger partial charge in [-0.1, -0.05) is 0 Å². The van der Waals surface area contributed by atoms with Gasteiger partial charge in [-0.3, -0.25) is 0 Å². The van der Waals surface area contributed by atoms with E-state index >= 15 is 0 Å². The van der Waals surface area contributed by atoms with Crippen LogP contribution in [0.2, 0.25) is 0 Å². The van der Waals surface area contributed by atoms with E-state index in [1.165, 1.54) is 16.2 Å². The Morgan fingerprint density at radius 2 is 0.800 bits per heavy atom. The molecule has 0 aromatic rings. The van der Waals surface area contributed by atoms with E-state index in [1.807, 2.05) is 0 Å². The van der Waals surface area contributed by atoms with Crippen molar-refractivity contribution >= 4 is 0 Å². The zero-order valence-electron chi connectivity index (χ0n) is 2.32. The second-order valence-electron chi connectivity index (χ2n) is 0. The standard InChI is InChI=1S/Cr.3H2O.O/h;3*1H2;. The molecule has 0 radical (unpaired) electrons. The van der Waals surface area contributed by atoms with Gasteiger partial charge in [0, 0.05) is 0 Å². The summed E-state index contributed by atoms with van der Waals surface area (Å²) in [5.41, 5.74) is 0. The second kappa shape index (κ2) is 963. The molecule has 0 spiro atoms. The van der Waals surface area contributed by atoms with Gasteiger partial charge < -0.3 is 16.4 Å². The average molecular weight is 122 g/mol. The summed E-state index contributed by atoms with van der Waals surface area (Å²) in [6.07, 6.45) is 0. The molecule has 5 heteroatoms. The SMILES string of the molecule is O.O.O.[O]=[Cr]. The van der Waals surface area contributed by atoms with Crippen molar-refractivity contribution in [1.82, 2.24) is 0 Å². The van der Waals surface area contributed by atoms with E-state index in [2.05, 4.69) is 0 Å². The third-order valence-corrected chi connectivity index (χ3v) is 0. The first kappa shape index (κ1) is 62.9. The quantitative estimate of drug-likeness (QED) is 0.344. The molecular weight excluding hydrogens is 116 g/mol. The van der Waals surface area contributed by atoms with Gasteiger partial charge in [-0.2, -0.15) is 0 Å². The van der Waals surface area contributed by atoms with Gasteiger partial charge in [0.25, 0.3) is 0 Å². The summed E-state index contributed by atoms with van der Waals surface area (Å²) < 4.78 is 8.12. The van der Waals surface area contributed by atoms with Gasteiger partial charge >= 0.3 is 20.0 Å². The zero-order chi connectivity index (χ0) is 2.00. The van der Waals surface area contributed by atoms with E-state index in [-0.39, 0.29) is 16.4 Å². The van der Waals surface area contributed by atoms with E-state index in [0.29, 0.717) is 0 Å². The Morgan fingerprint density at radius 1 is 0.800 bits per heavy atom. The van der Waals surface area contributed by atoms with Crippen LogP contribution in [0.25, 0.3) is 0 Å². The van der Waals surface area contributed by atoms with Crippen molar-refractivity contribution in [2.24, 2.45) is 0 Å². The van der Waals surface area contributed by atoms with Crippen molar-refractivity contribution in [1.29, 1.82) is 0 Å². The second-order valence-corrected chi connectivity index (χ2v) is 0. The Kier molecular flexibility index (Phi) is 12100. The minimum absolute atomic E-state index is 0. The first-order valence-electron chi connectivity index (χ1n) is 0.167. The van der Waals surface area contributed by atoms with Crippen LogP contribution in [0.3, 0.4) is 0 Å². The van der Waals surface area contributed by atoms with Gasteiger partial charge in [-0.05, 0) is 0 Å². The van der Waals surface area contributed by atoms with E-state index in [4.69, 9.17) is 3.80 Å². The van der Waals surface area contributed by atoms with Crippen LogP contribution in [0.4, 0.5) is 0 Å². The normalized spacial score (nSPS) is 0.800. The third-order valence-electron chi connectivity index (χ3n) is 0. The predicted molar refractivity (Wildman–Crippen MR) is 11.5 cm³/mol. The first-order chi connectivity index (χ1) is 1.00. The molecule has 0 saturated heterocycles. The van der Waals surface area contributed by atoms with Gasteiger partial charge in [0.05, 0.1) is 0 Å². The molecule has 36 valence electrons. The van der Waals surface area contributed by atoms with Gasteiger partial charge in [0.15, 0.2) is 0 Å². The van der Waals surface area contributed by atoms with E-state index in [0.717, 1.165) is 0 Å². The molecular formula is H6CrO4. The molecule has 0 amide bonds. The fourth-order valence-corrected chi connectivity index (χ4v) is 0. The summed E-state index contributed by atoms with van der Waals surface area (Å²) in [5, 5.41) is 0. The van der Waals surface area contributed by atoms with Crippen molar-refractivity contribution in [3.63, 3.8) is 0 Å². The van der Waals surface area contributed by atoms with Crippen LogP contribution in [0.1, 0.15) is 0 Å². The monoisotopic (exact) mass is 122 g/mol. The predicted octanol–water partition coefficient (Wildman–Crippen LogP) is -2.60. The summed E-state index contributed by atoms with van der Waals surface area (Å²) in [5.74, 6) is 0. The van der Waals surface area contributed by atoms with Gasteiger partial charge in [0.1, 0.15) is 0 Å². The number of rotatable bonds is 0. The van der Waals surface area contributed by atoms with Crippen LogP contribution >= 0.6 is 0 Å². The molecule has 0 rings (SSSR count). The summed E-state index contributed by atoms with van der Waals surface area (Å²) in [7, 11) is 0. The Balaban J connectivity index is -0.00000000167. The Morgan fingerprint density at radius 3 is 0.800 bits per heavy atom. The molecule has 0 aliphatic rings. The number of hydrogen-bond acceptors (Lipinski definition) is 1. The van der Waals surface area contributed by atoms with Gasteiger partial charge in [0.2, 0.25) is 0 Å². The zero-order valence-corrected chi connectivity index (χ0v) is 3.59. The Hall–Kier alpha value is 0.212. The molecule has 0 heterocycles. The summed E-state index contributed by atoms with van der Waals surface area (Å²) >= 11 is 1.38. The molecule has 0 aliphatic heterocycles. The van der Waals surface area contributed by atoms with Crippen LogP contribution in [0.5, 0.6) is 0 Å². The van der Waals surface area contributed by atoms with Crippen LogP contribution < -0.4 is 0 Å². The summed E-state index contributed by atoms with van der Waals surface area (Å²) in [6.45, 7) is 0. The topological polar surface area (TPSA) is 112 Å².